The maximum Gasteiger partial charge on any atom is 0.422 e. The summed E-state index contributed by atoms with van der Waals surface area (Å²) in [5.74, 6) is -0.100. The highest BCUT2D eigenvalue weighted by Gasteiger charge is 2.29. The van der Waals surface area contributed by atoms with E-state index in [2.05, 4.69) is 15.4 Å². The van der Waals surface area contributed by atoms with E-state index in [1.54, 1.807) is 19.1 Å². The molecule has 128 valence electrons. The number of hydrogen-bond acceptors (Lipinski definition) is 4. The quantitative estimate of drug-likeness (QED) is 0.765. The average molecular weight is 332 g/mol. The first-order valence-electron chi connectivity index (χ1n) is 7.26. The minimum absolute atomic E-state index is 0.116. The third kappa shape index (κ3) is 5.40. The van der Waals surface area contributed by atoms with Crippen LogP contribution in [0.15, 0.2) is 24.3 Å². The molecule has 1 fully saturated rings. The van der Waals surface area contributed by atoms with Gasteiger partial charge in [-0.25, -0.2) is 0 Å². The van der Waals surface area contributed by atoms with E-state index in [-0.39, 0.29) is 17.7 Å². The molecule has 3 N–H and O–H groups in total. The first-order valence-corrected chi connectivity index (χ1v) is 7.26. The van der Waals surface area contributed by atoms with E-state index in [1.807, 2.05) is 0 Å². The summed E-state index contributed by atoms with van der Waals surface area (Å²) in [5, 5.41) is 15.1. The van der Waals surface area contributed by atoms with E-state index in [4.69, 9.17) is 0 Å². The Labute approximate surface area is 131 Å². The predicted octanol–water partition coefficient (Wildman–Crippen LogP) is 1.53. The van der Waals surface area contributed by atoms with Gasteiger partial charge in [-0.05, 0) is 31.0 Å². The number of β-amino-alcohol motifs (C(OH)–C–C–N with tert-alkyl or cyclic N) is 1. The van der Waals surface area contributed by atoms with Gasteiger partial charge in [0.15, 0.2) is 6.61 Å². The zero-order valence-electron chi connectivity index (χ0n) is 12.6. The summed E-state index contributed by atoms with van der Waals surface area (Å²) in [6, 6.07) is 5.34. The summed E-state index contributed by atoms with van der Waals surface area (Å²) in [4.78, 5) is 12.0. The first kappa shape index (κ1) is 17.6. The number of benzene rings is 1. The standard InChI is InChI=1S/C15H19F3N2O3/c1-9(20-14(22)13-6-11(21)7-19-13)10-2-4-12(5-3-10)23-8-15(16,17)18/h2-5,9,11,13,19,21H,6-8H2,1H3,(H,20,22). The predicted molar refractivity (Wildman–Crippen MR) is 77.0 cm³/mol. The molecule has 23 heavy (non-hydrogen) atoms. The van der Waals surface area contributed by atoms with Crippen molar-refractivity contribution in [2.45, 2.75) is 37.7 Å². The molecule has 1 aromatic carbocycles. The van der Waals surface area contributed by atoms with E-state index in [9.17, 15) is 23.1 Å². The lowest BCUT2D eigenvalue weighted by Crippen LogP contribution is -2.41. The van der Waals surface area contributed by atoms with Crippen LogP contribution < -0.4 is 15.4 Å². The second-order valence-corrected chi connectivity index (χ2v) is 5.55. The Bertz CT molecular complexity index is 534. The van der Waals surface area contributed by atoms with Crippen molar-refractivity contribution in [3.05, 3.63) is 29.8 Å². The van der Waals surface area contributed by atoms with Crippen LogP contribution in [-0.4, -0.2) is 42.5 Å². The highest BCUT2D eigenvalue weighted by molar-refractivity contribution is 5.82. The smallest absolute Gasteiger partial charge is 0.422 e. The Hall–Kier alpha value is -1.80. The molecule has 3 unspecified atom stereocenters. The second-order valence-electron chi connectivity index (χ2n) is 5.55. The second kappa shape index (κ2) is 7.18. The van der Waals surface area contributed by atoms with E-state index in [0.29, 0.717) is 13.0 Å². The van der Waals surface area contributed by atoms with E-state index in [1.165, 1.54) is 12.1 Å². The van der Waals surface area contributed by atoms with Crippen LogP contribution in [0.2, 0.25) is 0 Å². The van der Waals surface area contributed by atoms with Crippen molar-refractivity contribution in [1.82, 2.24) is 10.6 Å². The van der Waals surface area contributed by atoms with Gasteiger partial charge < -0.3 is 20.5 Å². The summed E-state index contributed by atoms with van der Waals surface area (Å²) in [6.45, 7) is 0.820. The zero-order valence-corrected chi connectivity index (χ0v) is 12.6. The molecule has 3 atom stereocenters. The highest BCUT2D eigenvalue weighted by Crippen LogP contribution is 2.21. The summed E-state index contributed by atoms with van der Waals surface area (Å²) in [7, 11) is 0. The number of alkyl halides is 3. The number of halogens is 3. The molecule has 1 amide bonds. The van der Waals surface area contributed by atoms with Crippen molar-refractivity contribution in [3.63, 3.8) is 0 Å². The van der Waals surface area contributed by atoms with Crippen molar-refractivity contribution in [3.8, 4) is 5.75 Å². The molecule has 8 heteroatoms. The molecule has 0 aliphatic carbocycles. The Morgan fingerprint density at radius 3 is 2.61 bits per heavy atom. The van der Waals surface area contributed by atoms with E-state index in [0.717, 1.165) is 5.56 Å². The molecule has 1 aliphatic heterocycles. The number of aliphatic hydroxyl groups excluding tert-OH is 1. The van der Waals surface area contributed by atoms with Crippen LogP contribution in [0.4, 0.5) is 13.2 Å². The number of carbonyl (C=O) groups excluding carboxylic acids is 1. The van der Waals surface area contributed by atoms with Crippen molar-refractivity contribution < 1.29 is 27.8 Å². The normalized spacial score (nSPS) is 22.7. The van der Waals surface area contributed by atoms with Gasteiger partial charge in [-0.3, -0.25) is 4.79 Å². The molecule has 0 bridgehead atoms. The lowest BCUT2D eigenvalue weighted by atomic mass is 10.1. The Morgan fingerprint density at radius 1 is 1.43 bits per heavy atom. The van der Waals surface area contributed by atoms with Gasteiger partial charge in [0.25, 0.3) is 0 Å². The van der Waals surface area contributed by atoms with Gasteiger partial charge in [0.05, 0.1) is 18.2 Å². The van der Waals surface area contributed by atoms with Crippen LogP contribution in [0.5, 0.6) is 5.75 Å². The summed E-state index contributed by atoms with van der Waals surface area (Å²) in [6.07, 6.45) is -4.53. The number of carbonyl (C=O) groups is 1. The fourth-order valence-corrected chi connectivity index (χ4v) is 2.33. The van der Waals surface area contributed by atoms with Gasteiger partial charge in [-0.15, -0.1) is 0 Å². The summed E-state index contributed by atoms with van der Waals surface area (Å²) in [5.41, 5.74) is 0.747. The van der Waals surface area contributed by atoms with Crippen molar-refractivity contribution >= 4 is 5.91 Å². The van der Waals surface area contributed by atoms with Crippen molar-refractivity contribution in [1.29, 1.82) is 0 Å². The molecule has 0 spiro atoms. The number of amides is 1. The van der Waals surface area contributed by atoms with Gasteiger partial charge in [0, 0.05) is 6.54 Å². The van der Waals surface area contributed by atoms with Crippen LogP contribution >= 0.6 is 0 Å². The number of aliphatic hydroxyl groups is 1. The van der Waals surface area contributed by atoms with Crippen LogP contribution in [0.3, 0.4) is 0 Å². The molecule has 1 aromatic rings. The zero-order chi connectivity index (χ0) is 17.0. The average Bonchev–Trinajstić information content (AvgIpc) is 2.91. The summed E-state index contributed by atoms with van der Waals surface area (Å²) >= 11 is 0. The topological polar surface area (TPSA) is 70.6 Å². The van der Waals surface area contributed by atoms with Gasteiger partial charge in [0.2, 0.25) is 5.91 Å². The molecule has 1 aliphatic rings. The van der Waals surface area contributed by atoms with Crippen molar-refractivity contribution in [2.75, 3.05) is 13.2 Å². The van der Waals surface area contributed by atoms with Crippen LogP contribution in [0, 0.1) is 0 Å². The van der Waals surface area contributed by atoms with Crippen LogP contribution in [0.1, 0.15) is 24.9 Å². The lowest BCUT2D eigenvalue weighted by Gasteiger charge is -2.18. The van der Waals surface area contributed by atoms with Gasteiger partial charge in [-0.2, -0.15) is 13.2 Å². The molecule has 1 heterocycles. The van der Waals surface area contributed by atoms with Crippen LogP contribution in [0.25, 0.3) is 0 Å². The summed E-state index contributed by atoms with van der Waals surface area (Å²) < 4.78 is 40.8. The van der Waals surface area contributed by atoms with Gasteiger partial charge in [0.1, 0.15) is 5.75 Å². The SMILES string of the molecule is CC(NC(=O)C1CC(O)CN1)c1ccc(OCC(F)(F)F)cc1. The van der Waals surface area contributed by atoms with Crippen molar-refractivity contribution in [2.24, 2.45) is 0 Å². The highest BCUT2D eigenvalue weighted by atomic mass is 19.4. The minimum atomic E-state index is -4.38. The molecule has 2 rings (SSSR count). The van der Waals surface area contributed by atoms with E-state index < -0.39 is 24.9 Å². The fraction of sp³-hybridized carbons (Fsp3) is 0.533. The largest absolute Gasteiger partial charge is 0.484 e. The monoisotopic (exact) mass is 332 g/mol. The van der Waals surface area contributed by atoms with Gasteiger partial charge in [-0.1, -0.05) is 12.1 Å². The Morgan fingerprint density at radius 2 is 2.09 bits per heavy atom. The molecular formula is C15H19F3N2O3. The Balaban J connectivity index is 1.87. The number of nitrogens with one attached hydrogen (secondary N) is 2. The first-order chi connectivity index (χ1) is 10.7. The Kier molecular flexibility index (Phi) is 5.48. The van der Waals surface area contributed by atoms with Crippen LogP contribution in [-0.2, 0) is 4.79 Å². The maximum atomic E-state index is 12.1. The van der Waals surface area contributed by atoms with Gasteiger partial charge >= 0.3 is 6.18 Å². The third-order valence-corrected chi connectivity index (χ3v) is 3.57. The lowest BCUT2D eigenvalue weighted by molar-refractivity contribution is -0.153. The minimum Gasteiger partial charge on any atom is -0.484 e. The molecular weight excluding hydrogens is 313 g/mol. The fourth-order valence-electron chi connectivity index (χ4n) is 2.33. The number of rotatable bonds is 5. The maximum absolute atomic E-state index is 12.1. The number of ether oxygens (including phenoxy) is 1. The van der Waals surface area contributed by atoms with E-state index >= 15 is 0 Å². The molecule has 5 nitrogen and oxygen atoms in total. The molecule has 1 saturated heterocycles. The molecule has 0 radical (unpaired) electrons. The molecule has 0 saturated carbocycles. The molecule has 0 aromatic heterocycles. The number of hydrogen-bond donors (Lipinski definition) is 3. The third-order valence-electron chi connectivity index (χ3n) is 3.57.